The van der Waals surface area contributed by atoms with E-state index in [-0.39, 0.29) is 21.6 Å². The summed E-state index contributed by atoms with van der Waals surface area (Å²) in [6.45, 7) is 11.8. The van der Waals surface area contributed by atoms with E-state index in [1.807, 2.05) is 45.9 Å². The van der Waals surface area contributed by atoms with Gasteiger partial charge >= 0.3 is 5.97 Å². The van der Waals surface area contributed by atoms with Crippen LogP contribution in [0, 0.1) is 12.3 Å². The summed E-state index contributed by atoms with van der Waals surface area (Å²) >= 11 is 1.21. The minimum absolute atomic E-state index is 0.158. The SMILES string of the molecule is CCC(CC)(c1ccc(OCC(O)C(C)(C)C)c(C)c1)c1ccc(S(=O)(=O)NCC(=O)OC)s1. The van der Waals surface area contributed by atoms with Gasteiger partial charge in [0.2, 0.25) is 0 Å². The van der Waals surface area contributed by atoms with Gasteiger partial charge < -0.3 is 14.6 Å². The maximum absolute atomic E-state index is 12.7. The quantitative estimate of drug-likeness (QED) is 0.434. The molecule has 0 amide bonds. The molecule has 0 aliphatic carbocycles. The van der Waals surface area contributed by atoms with Gasteiger partial charge in [-0.2, -0.15) is 4.72 Å². The monoisotopic (exact) mass is 511 g/mol. The summed E-state index contributed by atoms with van der Waals surface area (Å²) in [5.41, 5.74) is 1.40. The smallest absolute Gasteiger partial charge is 0.320 e. The van der Waals surface area contributed by atoms with Crippen molar-refractivity contribution < 1.29 is 27.8 Å². The number of carbonyl (C=O) groups excluding carboxylic acids is 1. The highest BCUT2D eigenvalue weighted by atomic mass is 32.2. The number of aryl methyl sites for hydroxylation is 1. The zero-order valence-corrected chi connectivity index (χ0v) is 22.7. The van der Waals surface area contributed by atoms with Gasteiger partial charge in [0.15, 0.2) is 0 Å². The zero-order chi connectivity index (χ0) is 25.7. The Morgan fingerprint density at radius 1 is 1.15 bits per heavy atom. The van der Waals surface area contributed by atoms with Gasteiger partial charge in [-0.15, -0.1) is 11.3 Å². The van der Waals surface area contributed by atoms with Crippen molar-refractivity contribution in [2.75, 3.05) is 20.3 Å². The highest BCUT2D eigenvalue weighted by Gasteiger charge is 2.34. The molecule has 0 fully saturated rings. The van der Waals surface area contributed by atoms with Gasteiger partial charge in [0.25, 0.3) is 10.0 Å². The maximum atomic E-state index is 12.7. The number of aliphatic hydroxyl groups is 1. The van der Waals surface area contributed by atoms with Gasteiger partial charge in [-0.3, -0.25) is 4.79 Å². The Morgan fingerprint density at radius 2 is 1.79 bits per heavy atom. The fraction of sp³-hybridized carbons (Fsp3) is 0.560. The molecule has 1 aromatic carbocycles. The molecule has 1 heterocycles. The highest BCUT2D eigenvalue weighted by molar-refractivity contribution is 7.91. The van der Waals surface area contributed by atoms with Gasteiger partial charge in [0, 0.05) is 10.3 Å². The van der Waals surface area contributed by atoms with Gasteiger partial charge in [-0.05, 0) is 54.5 Å². The largest absolute Gasteiger partial charge is 0.491 e. The van der Waals surface area contributed by atoms with Crippen molar-refractivity contribution >= 4 is 27.3 Å². The molecule has 2 aromatic rings. The second-order valence-electron chi connectivity index (χ2n) is 9.48. The number of ether oxygens (including phenoxy) is 2. The number of thiophene rings is 1. The van der Waals surface area contributed by atoms with Crippen molar-refractivity contribution in [3.63, 3.8) is 0 Å². The van der Waals surface area contributed by atoms with E-state index in [2.05, 4.69) is 29.4 Å². The summed E-state index contributed by atoms with van der Waals surface area (Å²) in [6, 6.07) is 9.45. The predicted molar refractivity (Wildman–Crippen MR) is 135 cm³/mol. The molecule has 0 aliphatic rings. The third kappa shape index (κ3) is 6.38. The van der Waals surface area contributed by atoms with Crippen LogP contribution in [0.3, 0.4) is 0 Å². The van der Waals surface area contributed by atoms with Crippen LogP contribution in [-0.4, -0.2) is 45.9 Å². The van der Waals surface area contributed by atoms with Crippen LogP contribution in [0.1, 0.15) is 63.5 Å². The first-order valence-corrected chi connectivity index (χ1v) is 13.7. The van der Waals surface area contributed by atoms with E-state index in [9.17, 15) is 18.3 Å². The number of benzene rings is 1. The predicted octanol–water partition coefficient (Wildman–Crippen LogP) is 4.40. The fourth-order valence-electron chi connectivity index (χ4n) is 3.70. The summed E-state index contributed by atoms with van der Waals surface area (Å²) in [6.07, 6.45) is 0.972. The molecule has 2 rings (SSSR count). The van der Waals surface area contributed by atoms with Crippen LogP contribution in [0.25, 0.3) is 0 Å². The van der Waals surface area contributed by atoms with Gasteiger partial charge in [0.05, 0.1) is 13.2 Å². The first-order chi connectivity index (χ1) is 15.8. The second-order valence-corrected chi connectivity index (χ2v) is 12.6. The molecule has 1 unspecified atom stereocenters. The first-order valence-electron chi connectivity index (χ1n) is 11.4. The Kier molecular flexibility index (Phi) is 9.32. The summed E-state index contributed by atoms with van der Waals surface area (Å²) in [5.74, 6) is 0.0687. The zero-order valence-electron chi connectivity index (χ0n) is 21.1. The molecule has 0 aliphatic heterocycles. The van der Waals surface area contributed by atoms with Crippen molar-refractivity contribution in [3.8, 4) is 5.75 Å². The van der Waals surface area contributed by atoms with Crippen LogP contribution in [0.15, 0.2) is 34.5 Å². The third-order valence-electron chi connectivity index (χ3n) is 6.28. The Balaban J connectivity index is 2.33. The first kappa shape index (κ1) is 28.3. The van der Waals surface area contributed by atoms with E-state index in [4.69, 9.17) is 4.74 Å². The lowest BCUT2D eigenvalue weighted by atomic mass is 9.74. The number of esters is 1. The van der Waals surface area contributed by atoms with Gasteiger partial charge in [0.1, 0.15) is 23.1 Å². The summed E-state index contributed by atoms with van der Waals surface area (Å²) in [4.78, 5) is 12.3. The second kappa shape index (κ2) is 11.2. The molecule has 2 N–H and O–H groups in total. The van der Waals surface area contributed by atoms with E-state index in [0.717, 1.165) is 34.6 Å². The Labute approximate surface area is 207 Å². The molecule has 0 radical (unpaired) electrons. The van der Waals surface area contributed by atoms with Crippen molar-refractivity contribution in [1.29, 1.82) is 0 Å². The van der Waals surface area contributed by atoms with Crippen LogP contribution in [0.4, 0.5) is 0 Å². The van der Waals surface area contributed by atoms with Gasteiger partial charge in [-0.1, -0.05) is 46.8 Å². The minimum Gasteiger partial charge on any atom is -0.491 e. The average molecular weight is 512 g/mol. The normalized spacial score (nSPS) is 13.5. The molecule has 0 bridgehead atoms. The van der Waals surface area contributed by atoms with Gasteiger partial charge in [-0.25, -0.2) is 8.42 Å². The van der Waals surface area contributed by atoms with E-state index >= 15 is 0 Å². The minimum atomic E-state index is -3.82. The molecule has 0 spiro atoms. The highest BCUT2D eigenvalue weighted by Crippen LogP contribution is 2.44. The van der Waals surface area contributed by atoms with Crippen LogP contribution >= 0.6 is 11.3 Å². The standard InChI is InChI=1S/C25H37NO6S2/c1-8-25(9-2,21-12-13-23(33-21)34(29,30)26-15-22(28)31-7)18-10-11-19(17(3)14-18)32-16-20(27)24(4,5)6/h10-14,20,26-27H,8-9,15-16H2,1-7H3. The molecule has 7 nitrogen and oxygen atoms in total. The van der Waals surface area contributed by atoms with E-state index in [0.29, 0.717) is 0 Å². The molecule has 1 atom stereocenters. The molecule has 0 saturated heterocycles. The molecular weight excluding hydrogens is 474 g/mol. The maximum Gasteiger partial charge on any atom is 0.320 e. The summed E-state index contributed by atoms with van der Waals surface area (Å²) in [5, 5.41) is 10.3. The number of aliphatic hydroxyl groups excluding tert-OH is 1. The van der Waals surface area contributed by atoms with Crippen molar-refractivity contribution in [1.82, 2.24) is 4.72 Å². The molecule has 0 saturated carbocycles. The lowest BCUT2D eigenvalue weighted by Gasteiger charge is -2.32. The lowest BCUT2D eigenvalue weighted by molar-refractivity contribution is -0.139. The third-order valence-corrected chi connectivity index (χ3v) is 9.47. The van der Waals surface area contributed by atoms with Crippen LogP contribution in [-0.2, 0) is 25.0 Å². The molecular formula is C25H37NO6S2. The van der Waals surface area contributed by atoms with E-state index in [1.165, 1.54) is 18.4 Å². The lowest BCUT2D eigenvalue weighted by Crippen LogP contribution is -2.32. The van der Waals surface area contributed by atoms with E-state index < -0.39 is 28.6 Å². The molecule has 190 valence electrons. The number of nitrogens with one attached hydrogen (secondary N) is 1. The summed E-state index contributed by atoms with van der Waals surface area (Å²) in [7, 11) is -2.61. The van der Waals surface area contributed by atoms with Crippen LogP contribution in [0.2, 0.25) is 0 Å². The molecule has 1 aromatic heterocycles. The van der Waals surface area contributed by atoms with Crippen molar-refractivity contribution in [2.45, 2.75) is 70.1 Å². The average Bonchev–Trinajstić information content (AvgIpc) is 3.29. The number of methoxy groups -OCH3 is 1. The Hall–Kier alpha value is -1.94. The summed E-state index contributed by atoms with van der Waals surface area (Å²) < 4.78 is 38.2. The Morgan fingerprint density at radius 3 is 2.32 bits per heavy atom. The van der Waals surface area contributed by atoms with E-state index in [1.54, 1.807) is 6.07 Å². The number of hydrogen-bond acceptors (Lipinski definition) is 7. The topological polar surface area (TPSA) is 102 Å². The number of sulfonamides is 1. The molecule has 9 heteroatoms. The number of rotatable bonds is 11. The number of carbonyl (C=O) groups is 1. The van der Waals surface area contributed by atoms with Crippen LogP contribution < -0.4 is 9.46 Å². The van der Waals surface area contributed by atoms with Crippen molar-refractivity contribution in [3.05, 3.63) is 46.3 Å². The molecule has 34 heavy (non-hydrogen) atoms. The fourth-order valence-corrected chi connectivity index (χ4v) is 6.37. The Bertz CT molecular complexity index is 1080. The van der Waals surface area contributed by atoms with Crippen molar-refractivity contribution in [2.24, 2.45) is 5.41 Å². The number of hydrogen-bond donors (Lipinski definition) is 2. The van der Waals surface area contributed by atoms with Crippen LogP contribution in [0.5, 0.6) is 5.75 Å².